The highest BCUT2D eigenvalue weighted by Gasteiger charge is 2.35. The van der Waals surface area contributed by atoms with Gasteiger partial charge in [-0.1, -0.05) is 24.3 Å². The molecule has 4 nitrogen and oxygen atoms in total. The topological polar surface area (TPSA) is 41.6 Å². The Kier molecular flexibility index (Phi) is 5.34. The molecule has 1 amide bonds. The van der Waals surface area contributed by atoms with Crippen molar-refractivity contribution in [2.75, 3.05) is 12.4 Å². The van der Waals surface area contributed by atoms with E-state index < -0.39 is 0 Å². The average molecular weight is 342 g/mol. The van der Waals surface area contributed by atoms with Gasteiger partial charge in [-0.15, -0.1) is 0 Å². The third-order valence-corrected chi connectivity index (χ3v) is 4.54. The zero-order valence-corrected chi connectivity index (χ0v) is 14.5. The predicted octanol–water partition coefficient (Wildman–Crippen LogP) is 3.83. The summed E-state index contributed by atoms with van der Waals surface area (Å²) in [5, 5.41) is 2.95. The van der Waals surface area contributed by atoms with Crippen molar-refractivity contribution < 1.29 is 13.9 Å². The van der Waals surface area contributed by atoms with Crippen LogP contribution in [0.3, 0.4) is 0 Å². The first-order chi connectivity index (χ1) is 12.1. The van der Waals surface area contributed by atoms with E-state index in [1.165, 1.54) is 12.1 Å². The lowest BCUT2D eigenvalue weighted by Gasteiger charge is -2.28. The maximum absolute atomic E-state index is 13.1. The molecule has 0 spiro atoms. The molecule has 1 fully saturated rings. The number of methoxy groups -OCH3 is 1. The summed E-state index contributed by atoms with van der Waals surface area (Å²) in [5.41, 5.74) is 1.67. The summed E-state index contributed by atoms with van der Waals surface area (Å²) >= 11 is 0. The van der Waals surface area contributed by atoms with E-state index in [9.17, 15) is 9.18 Å². The lowest BCUT2D eigenvalue weighted by molar-refractivity contribution is -0.121. The van der Waals surface area contributed by atoms with Gasteiger partial charge in [0.15, 0.2) is 0 Å². The predicted molar refractivity (Wildman–Crippen MR) is 96.1 cm³/mol. The average Bonchev–Trinajstić information content (AvgIpc) is 3.46. The van der Waals surface area contributed by atoms with Crippen molar-refractivity contribution in [1.29, 1.82) is 0 Å². The lowest BCUT2D eigenvalue weighted by Crippen LogP contribution is -2.43. The van der Waals surface area contributed by atoms with Crippen molar-refractivity contribution in [3.05, 3.63) is 59.9 Å². The fourth-order valence-electron chi connectivity index (χ4n) is 2.92. The van der Waals surface area contributed by atoms with Gasteiger partial charge in [-0.3, -0.25) is 9.69 Å². The molecule has 5 heteroatoms. The van der Waals surface area contributed by atoms with Gasteiger partial charge in [-0.25, -0.2) is 4.39 Å². The van der Waals surface area contributed by atoms with E-state index in [2.05, 4.69) is 10.2 Å². The van der Waals surface area contributed by atoms with Crippen LogP contribution in [-0.2, 0) is 11.3 Å². The number of para-hydroxylation sites is 2. The Bertz CT molecular complexity index is 729. The van der Waals surface area contributed by atoms with E-state index in [0.717, 1.165) is 18.4 Å². The summed E-state index contributed by atoms with van der Waals surface area (Å²) in [7, 11) is 1.58. The smallest absolute Gasteiger partial charge is 0.241 e. The summed E-state index contributed by atoms with van der Waals surface area (Å²) in [6, 6.07) is 13.9. The minimum atomic E-state index is -0.289. The largest absolute Gasteiger partial charge is 0.495 e. The SMILES string of the molecule is COc1ccccc1NC(=O)[C@@H](C)N(Cc1ccc(F)cc1)C1CC1. The lowest BCUT2D eigenvalue weighted by atomic mass is 10.1. The number of carbonyl (C=O) groups excluding carboxylic acids is 1. The molecular formula is C20H23FN2O2. The number of rotatable bonds is 7. The Hall–Kier alpha value is -2.40. The van der Waals surface area contributed by atoms with Crippen LogP contribution in [0.2, 0.25) is 0 Å². The van der Waals surface area contributed by atoms with Crippen molar-refractivity contribution in [2.24, 2.45) is 0 Å². The van der Waals surface area contributed by atoms with E-state index >= 15 is 0 Å². The molecular weight excluding hydrogens is 319 g/mol. The Labute approximate surface area is 147 Å². The minimum absolute atomic E-state index is 0.0708. The van der Waals surface area contributed by atoms with E-state index in [1.54, 1.807) is 19.2 Å². The molecule has 0 aliphatic heterocycles. The van der Waals surface area contributed by atoms with Gasteiger partial charge in [0.2, 0.25) is 5.91 Å². The first-order valence-electron chi connectivity index (χ1n) is 8.52. The fourth-order valence-corrected chi connectivity index (χ4v) is 2.92. The van der Waals surface area contributed by atoms with Gasteiger partial charge in [0.05, 0.1) is 18.8 Å². The van der Waals surface area contributed by atoms with Gasteiger partial charge in [0.25, 0.3) is 0 Å². The minimum Gasteiger partial charge on any atom is -0.495 e. The molecule has 1 aliphatic carbocycles. The van der Waals surface area contributed by atoms with Gasteiger partial charge in [0.1, 0.15) is 11.6 Å². The van der Waals surface area contributed by atoms with Crippen molar-refractivity contribution in [1.82, 2.24) is 4.90 Å². The van der Waals surface area contributed by atoms with Crippen LogP contribution in [0, 0.1) is 5.82 Å². The van der Waals surface area contributed by atoms with E-state index in [0.29, 0.717) is 24.0 Å². The van der Waals surface area contributed by atoms with Crippen LogP contribution in [0.1, 0.15) is 25.3 Å². The van der Waals surface area contributed by atoms with Crippen molar-refractivity contribution in [2.45, 2.75) is 38.4 Å². The Morgan fingerprint density at radius 1 is 1.24 bits per heavy atom. The van der Waals surface area contributed by atoms with Crippen LogP contribution in [0.5, 0.6) is 5.75 Å². The normalized spacial score (nSPS) is 15.0. The summed E-state index contributed by atoms with van der Waals surface area (Å²) in [5.74, 6) is 0.321. The molecule has 2 aromatic carbocycles. The van der Waals surface area contributed by atoms with Crippen LogP contribution in [0.15, 0.2) is 48.5 Å². The number of carbonyl (C=O) groups is 1. The van der Waals surface area contributed by atoms with Gasteiger partial charge in [-0.05, 0) is 49.6 Å². The molecule has 1 N–H and O–H groups in total. The summed E-state index contributed by atoms with van der Waals surface area (Å²) in [4.78, 5) is 14.9. The van der Waals surface area contributed by atoms with E-state index in [4.69, 9.17) is 4.74 Å². The van der Waals surface area contributed by atoms with Gasteiger partial charge < -0.3 is 10.1 Å². The van der Waals surface area contributed by atoms with Crippen molar-refractivity contribution >= 4 is 11.6 Å². The second-order valence-corrected chi connectivity index (χ2v) is 6.40. The standard InChI is InChI=1S/C20H23FN2O2/c1-14(20(24)22-18-5-3-4-6-19(18)25-2)23(17-11-12-17)13-15-7-9-16(21)10-8-15/h3-10,14,17H,11-13H2,1-2H3,(H,22,24)/t14-/m1/s1. The monoisotopic (exact) mass is 342 g/mol. The summed E-state index contributed by atoms with van der Waals surface area (Å²) in [6.07, 6.45) is 2.18. The molecule has 2 aromatic rings. The summed E-state index contributed by atoms with van der Waals surface area (Å²) in [6.45, 7) is 2.54. The van der Waals surface area contributed by atoms with Crippen molar-refractivity contribution in [3.8, 4) is 5.75 Å². The molecule has 132 valence electrons. The molecule has 0 radical (unpaired) electrons. The number of nitrogens with one attached hydrogen (secondary N) is 1. The van der Waals surface area contributed by atoms with E-state index in [1.807, 2.05) is 31.2 Å². The van der Waals surface area contributed by atoms with Gasteiger partial charge in [-0.2, -0.15) is 0 Å². The number of halogens is 1. The highest BCUT2D eigenvalue weighted by Crippen LogP contribution is 2.31. The number of anilines is 1. The zero-order valence-electron chi connectivity index (χ0n) is 14.5. The molecule has 0 bridgehead atoms. The third-order valence-electron chi connectivity index (χ3n) is 4.54. The van der Waals surface area contributed by atoms with Crippen LogP contribution >= 0.6 is 0 Å². The first kappa shape index (κ1) is 17.4. The molecule has 25 heavy (non-hydrogen) atoms. The molecule has 1 aliphatic rings. The maximum atomic E-state index is 13.1. The molecule has 1 atom stereocenters. The Morgan fingerprint density at radius 3 is 2.56 bits per heavy atom. The Morgan fingerprint density at radius 2 is 1.92 bits per heavy atom. The molecule has 3 rings (SSSR count). The highest BCUT2D eigenvalue weighted by molar-refractivity contribution is 5.95. The maximum Gasteiger partial charge on any atom is 0.241 e. The summed E-state index contributed by atoms with van der Waals surface area (Å²) < 4.78 is 18.4. The van der Waals surface area contributed by atoms with E-state index in [-0.39, 0.29) is 17.8 Å². The fraction of sp³-hybridized carbons (Fsp3) is 0.350. The third kappa shape index (κ3) is 4.37. The van der Waals surface area contributed by atoms with Crippen LogP contribution < -0.4 is 10.1 Å². The molecule has 1 saturated carbocycles. The Balaban J connectivity index is 1.70. The highest BCUT2D eigenvalue weighted by atomic mass is 19.1. The van der Waals surface area contributed by atoms with Gasteiger partial charge in [0, 0.05) is 12.6 Å². The van der Waals surface area contributed by atoms with Gasteiger partial charge >= 0.3 is 0 Å². The quantitative estimate of drug-likeness (QED) is 0.831. The molecule has 0 unspecified atom stereocenters. The second-order valence-electron chi connectivity index (χ2n) is 6.40. The van der Waals surface area contributed by atoms with Crippen LogP contribution in [0.25, 0.3) is 0 Å². The van der Waals surface area contributed by atoms with Crippen LogP contribution in [0.4, 0.5) is 10.1 Å². The number of benzene rings is 2. The van der Waals surface area contributed by atoms with Crippen LogP contribution in [-0.4, -0.2) is 30.0 Å². The number of hydrogen-bond donors (Lipinski definition) is 1. The number of hydrogen-bond acceptors (Lipinski definition) is 3. The number of nitrogens with zero attached hydrogens (tertiary/aromatic N) is 1. The van der Waals surface area contributed by atoms with Crippen molar-refractivity contribution in [3.63, 3.8) is 0 Å². The zero-order chi connectivity index (χ0) is 17.8. The molecule has 0 aromatic heterocycles. The first-order valence-corrected chi connectivity index (χ1v) is 8.52. The molecule has 0 heterocycles. The molecule has 0 saturated heterocycles. The number of ether oxygens (including phenoxy) is 1. The second kappa shape index (κ2) is 7.66. The number of amides is 1.